The summed E-state index contributed by atoms with van der Waals surface area (Å²) in [5.74, 6) is 1.82. The van der Waals surface area contributed by atoms with E-state index in [-0.39, 0.29) is 10.8 Å². The molecule has 0 saturated heterocycles. The first kappa shape index (κ1) is 34.7. The number of nitrogens with zero attached hydrogens (tertiary/aromatic N) is 5. The number of fused-ring (bicyclic) bond motifs is 1. The Morgan fingerprint density at radius 2 is 0.852 bits per heavy atom. The molecule has 8 rings (SSSR count). The van der Waals surface area contributed by atoms with Crippen molar-refractivity contribution in [2.45, 2.75) is 52.4 Å². The van der Waals surface area contributed by atoms with E-state index in [0.717, 1.165) is 50.3 Å². The van der Waals surface area contributed by atoms with Crippen LogP contribution in [0.25, 0.3) is 50.9 Å². The lowest BCUT2D eigenvalue weighted by molar-refractivity contribution is 0.590. The molecule has 8 aromatic rings. The smallest absolute Gasteiger partial charge is 0.238 e. The van der Waals surface area contributed by atoms with Crippen LogP contribution < -0.4 is 4.90 Å². The van der Waals surface area contributed by atoms with Crippen LogP contribution in [-0.2, 0) is 10.8 Å². The van der Waals surface area contributed by atoms with Crippen LogP contribution in [0.2, 0.25) is 0 Å². The van der Waals surface area contributed by atoms with Crippen LogP contribution in [0.4, 0.5) is 17.1 Å². The Bertz CT molecular complexity index is 2410. The lowest BCUT2D eigenvalue weighted by atomic mass is 9.86. The Hall–Kier alpha value is -6.33. The zero-order valence-electron chi connectivity index (χ0n) is 31.8. The molecule has 0 aliphatic rings. The Labute approximate surface area is 318 Å². The lowest BCUT2D eigenvalue weighted by Crippen LogP contribution is -2.14. The van der Waals surface area contributed by atoms with Gasteiger partial charge in [0, 0.05) is 33.6 Å². The molecule has 2 aromatic heterocycles. The highest BCUT2D eigenvalue weighted by Crippen LogP contribution is 2.40. The molecule has 0 N–H and O–H groups in total. The molecule has 0 aliphatic heterocycles. The summed E-state index contributed by atoms with van der Waals surface area (Å²) in [4.78, 5) is 17.6. The molecule has 0 atom stereocenters. The normalized spacial score (nSPS) is 11.9. The van der Waals surface area contributed by atoms with Gasteiger partial charge in [-0.15, -0.1) is 0 Å². The zero-order valence-corrected chi connectivity index (χ0v) is 31.8. The van der Waals surface area contributed by atoms with Crippen molar-refractivity contribution >= 4 is 28.0 Å². The molecule has 0 amide bonds. The number of rotatable bonds is 7. The number of aromatic nitrogens is 4. The Morgan fingerprint density at radius 1 is 0.426 bits per heavy atom. The minimum Gasteiger partial charge on any atom is -0.310 e. The van der Waals surface area contributed by atoms with Gasteiger partial charge in [-0.05, 0) is 76.1 Å². The van der Waals surface area contributed by atoms with E-state index in [0.29, 0.717) is 17.6 Å². The average molecular weight is 704 g/mol. The Kier molecular flexibility index (Phi) is 8.95. The molecule has 266 valence electrons. The third-order valence-corrected chi connectivity index (χ3v) is 9.98. The van der Waals surface area contributed by atoms with E-state index < -0.39 is 0 Å². The molecule has 54 heavy (non-hydrogen) atoms. The van der Waals surface area contributed by atoms with Crippen LogP contribution in [0.1, 0.15) is 52.7 Å². The van der Waals surface area contributed by atoms with E-state index in [1.807, 2.05) is 66.7 Å². The highest BCUT2D eigenvalue weighted by atomic mass is 15.2. The quantitative estimate of drug-likeness (QED) is 0.166. The van der Waals surface area contributed by atoms with Crippen molar-refractivity contribution in [3.8, 4) is 40.0 Å². The fourth-order valence-corrected chi connectivity index (χ4v) is 6.94. The van der Waals surface area contributed by atoms with Crippen molar-refractivity contribution in [3.63, 3.8) is 0 Å². The lowest BCUT2D eigenvalue weighted by Gasteiger charge is -2.28. The van der Waals surface area contributed by atoms with Crippen molar-refractivity contribution in [1.82, 2.24) is 19.5 Å². The van der Waals surface area contributed by atoms with Gasteiger partial charge in [0.1, 0.15) is 0 Å². The molecule has 0 bridgehead atoms. The largest absolute Gasteiger partial charge is 0.310 e. The van der Waals surface area contributed by atoms with Crippen molar-refractivity contribution < 1.29 is 0 Å². The minimum atomic E-state index is 0.0587. The van der Waals surface area contributed by atoms with Crippen LogP contribution in [0.15, 0.2) is 164 Å². The fourth-order valence-electron chi connectivity index (χ4n) is 6.94. The fraction of sp³-hybridized carbons (Fsp3) is 0.163. The number of anilines is 3. The van der Waals surface area contributed by atoms with Gasteiger partial charge in [-0.3, -0.25) is 4.57 Å². The van der Waals surface area contributed by atoms with Crippen molar-refractivity contribution in [2.75, 3.05) is 4.90 Å². The monoisotopic (exact) mass is 703 g/mol. The summed E-state index contributed by atoms with van der Waals surface area (Å²) in [5.41, 5.74) is 10.9. The van der Waals surface area contributed by atoms with Crippen molar-refractivity contribution in [2.24, 2.45) is 0 Å². The molecule has 0 unspecified atom stereocenters. The molecule has 2 heterocycles. The summed E-state index contributed by atoms with van der Waals surface area (Å²) in [6.07, 6.45) is 0. The summed E-state index contributed by atoms with van der Waals surface area (Å²) in [6, 6.07) is 57.7. The van der Waals surface area contributed by atoms with Gasteiger partial charge in [0.15, 0.2) is 11.6 Å². The maximum absolute atomic E-state index is 5.15. The van der Waals surface area contributed by atoms with Gasteiger partial charge >= 0.3 is 0 Å². The highest BCUT2D eigenvalue weighted by Gasteiger charge is 2.22. The first-order valence-corrected chi connectivity index (χ1v) is 18.6. The van der Waals surface area contributed by atoms with Crippen LogP contribution in [0.5, 0.6) is 0 Å². The summed E-state index contributed by atoms with van der Waals surface area (Å²) >= 11 is 0. The summed E-state index contributed by atoms with van der Waals surface area (Å²) in [7, 11) is 0. The summed E-state index contributed by atoms with van der Waals surface area (Å²) in [5, 5.41) is 1.08. The van der Waals surface area contributed by atoms with Crippen LogP contribution in [0, 0.1) is 0 Å². The predicted molar refractivity (Wildman–Crippen MR) is 225 cm³/mol. The molecule has 0 radical (unpaired) electrons. The Balaban J connectivity index is 1.33. The van der Waals surface area contributed by atoms with E-state index in [4.69, 9.17) is 15.0 Å². The van der Waals surface area contributed by atoms with E-state index in [2.05, 4.69) is 148 Å². The molecule has 6 aromatic carbocycles. The third kappa shape index (κ3) is 6.93. The zero-order chi connectivity index (χ0) is 37.5. The maximum atomic E-state index is 5.15. The minimum absolute atomic E-state index is 0.0587. The molecule has 0 spiro atoms. The number of hydrogen-bond donors (Lipinski definition) is 0. The average Bonchev–Trinajstić information content (AvgIpc) is 3.58. The number of hydrogen-bond acceptors (Lipinski definition) is 4. The molecule has 5 heteroatoms. The first-order valence-electron chi connectivity index (χ1n) is 18.6. The van der Waals surface area contributed by atoms with E-state index in [9.17, 15) is 0 Å². The molecule has 0 saturated carbocycles. The molecular weight excluding hydrogens is 659 g/mol. The van der Waals surface area contributed by atoms with Gasteiger partial charge in [0.25, 0.3) is 0 Å². The van der Waals surface area contributed by atoms with Gasteiger partial charge in [0.05, 0.1) is 11.2 Å². The summed E-state index contributed by atoms with van der Waals surface area (Å²) < 4.78 is 2.18. The standard InChI is InChI=1S/C49H45N5/c1-48(2,3)38-22-26-40(27-23-38)53(41-28-24-39(25-29-41)49(4,5)6)42-30-31-43-37(32-42)33-44(34-16-10-7-11-17-34)54(43)47-51-45(35-18-12-8-13-19-35)50-46(52-47)36-20-14-9-15-21-36/h7-33H,1-6H3. The first-order chi connectivity index (χ1) is 26.0. The van der Waals surface area contributed by atoms with Crippen molar-refractivity contribution in [1.29, 1.82) is 0 Å². The predicted octanol–water partition coefficient (Wildman–Crippen LogP) is 12.9. The van der Waals surface area contributed by atoms with Gasteiger partial charge in [-0.25, -0.2) is 4.98 Å². The number of benzene rings is 6. The second-order valence-electron chi connectivity index (χ2n) is 15.9. The van der Waals surface area contributed by atoms with Crippen LogP contribution in [0.3, 0.4) is 0 Å². The highest BCUT2D eigenvalue weighted by molar-refractivity contribution is 5.93. The maximum Gasteiger partial charge on any atom is 0.238 e. The molecular formula is C49H45N5. The second kappa shape index (κ2) is 13.9. The van der Waals surface area contributed by atoms with E-state index >= 15 is 0 Å². The van der Waals surface area contributed by atoms with E-state index in [1.54, 1.807) is 0 Å². The second-order valence-corrected chi connectivity index (χ2v) is 15.9. The topological polar surface area (TPSA) is 46.8 Å². The van der Waals surface area contributed by atoms with Gasteiger partial charge in [0.2, 0.25) is 5.95 Å². The van der Waals surface area contributed by atoms with E-state index in [1.165, 1.54) is 11.1 Å². The van der Waals surface area contributed by atoms with Gasteiger partial charge < -0.3 is 4.90 Å². The molecule has 5 nitrogen and oxygen atoms in total. The Morgan fingerprint density at radius 3 is 1.30 bits per heavy atom. The van der Waals surface area contributed by atoms with Crippen LogP contribution in [-0.4, -0.2) is 19.5 Å². The molecule has 0 fully saturated rings. The summed E-state index contributed by atoms with van der Waals surface area (Å²) in [6.45, 7) is 13.5. The third-order valence-electron chi connectivity index (χ3n) is 9.98. The van der Waals surface area contributed by atoms with Gasteiger partial charge in [-0.1, -0.05) is 157 Å². The van der Waals surface area contributed by atoms with Gasteiger partial charge in [-0.2, -0.15) is 9.97 Å². The van der Waals surface area contributed by atoms with Crippen LogP contribution >= 0.6 is 0 Å². The van der Waals surface area contributed by atoms with Crippen molar-refractivity contribution in [3.05, 3.63) is 175 Å². The SMILES string of the molecule is CC(C)(C)c1ccc(N(c2ccc(C(C)(C)C)cc2)c2ccc3c(c2)cc(-c2ccccc2)n3-c2nc(-c3ccccc3)nc(-c3ccccc3)n2)cc1. The molecule has 0 aliphatic carbocycles.